The monoisotopic (exact) mass is 526 g/mol. The van der Waals surface area contributed by atoms with Gasteiger partial charge in [0.05, 0.1) is 27.4 Å². The highest BCUT2D eigenvalue weighted by Gasteiger charge is 2.40. The maximum absolute atomic E-state index is 10.2. The molecule has 37 heavy (non-hydrogen) atoms. The van der Waals surface area contributed by atoms with Crippen LogP contribution in [0.5, 0.6) is 23.0 Å². The molecule has 6 atom stereocenters. The Kier molecular flexibility index (Phi) is 10.7. The first-order chi connectivity index (χ1) is 17.8. The van der Waals surface area contributed by atoms with Crippen LogP contribution in [0, 0.1) is 0 Å². The third-order valence-electron chi connectivity index (χ3n) is 5.89. The molecule has 1 aliphatic rings. The third-order valence-corrected chi connectivity index (χ3v) is 5.89. The van der Waals surface area contributed by atoms with Gasteiger partial charge in [-0.2, -0.15) is 0 Å². The van der Waals surface area contributed by atoms with Crippen LogP contribution in [-0.4, -0.2) is 95.4 Å². The number of benzene rings is 2. The largest absolute Gasteiger partial charge is 0.504 e. The number of phenols is 1. The van der Waals surface area contributed by atoms with Gasteiger partial charge in [-0.3, -0.25) is 0 Å². The summed E-state index contributed by atoms with van der Waals surface area (Å²) in [5.41, 5.74) is 1.29. The van der Waals surface area contributed by atoms with E-state index in [1.807, 2.05) is 0 Å². The lowest BCUT2D eigenvalue weighted by atomic mass is 10.0. The maximum atomic E-state index is 10.2. The molecule has 0 spiro atoms. The lowest BCUT2D eigenvalue weighted by molar-refractivity contribution is -0.437. The summed E-state index contributed by atoms with van der Waals surface area (Å²) in [7, 11) is 2.84. The van der Waals surface area contributed by atoms with Gasteiger partial charge in [0.15, 0.2) is 35.2 Å². The van der Waals surface area contributed by atoms with Crippen LogP contribution < -0.4 is 14.2 Å². The number of ether oxygens (including phenoxy) is 4. The van der Waals surface area contributed by atoms with Crippen LogP contribution in [0.1, 0.15) is 23.7 Å². The molecule has 2 aromatic carbocycles. The van der Waals surface area contributed by atoms with Gasteiger partial charge in [0.2, 0.25) is 6.29 Å². The molecule has 0 bridgehead atoms. The molecule has 12 heteroatoms. The molecule has 0 aliphatic carbocycles. The van der Waals surface area contributed by atoms with Gasteiger partial charge in [-0.1, -0.05) is 12.1 Å². The predicted octanol–water partition coefficient (Wildman–Crippen LogP) is 0.203. The van der Waals surface area contributed by atoms with Crippen LogP contribution in [-0.2, 0) is 20.9 Å². The van der Waals surface area contributed by atoms with E-state index in [2.05, 4.69) is 0 Å². The Labute approximate surface area is 214 Å². The SMILES string of the molecule is COc1cc([C@@H](OO[C@@H]2OC[C@H](O)[C@@H](O)[C@H]2O)[C@@H](CO)Oc2ccc(CCCO)cc2OC)ccc1O. The molecular formula is C25H34O12. The van der Waals surface area contributed by atoms with E-state index in [4.69, 9.17) is 33.8 Å². The molecule has 12 nitrogen and oxygen atoms in total. The highest BCUT2D eigenvalue weighted by Crippen LogP contribution is 2.36. The molecule has 1 saturated heterocycles. The van der Waals surface area contributed by atoms with Crippen LogP contribution >= 0.6 is 0 Å². The maximum Gasteiger partial charge on any atom is 0.220 e. The molecule has 0 radical (unpaired) electrons. The van der Waals surface area contributed by atoms with E-state index in [0.717, 1.165) is 5.56 Å². The molecule has 206 valence electrons. The van der Waals surface area contributed by atoms with Crippen molar-refractivity contribution in [1.82, 2.24) is 0 Å². The number of phenolic OH excluding ortho intramolecular Hbond substituents is 1. The Bertz CT molecular complexity index is 986. The van der Waals surface area contributed by atoms with Gasteiger partial charge in [-0.25, -0.2) is 9.78 Å². The fourth-order valence-corrected chi connectivity index (χ4v) is 3.79. The van der Waals surface area contributed by atoms with Gasteiger partial charge < -0.3 is 49.6 Å². The van der Waals surface area contributed by atoms with E-state index in [9.17, 15) is 25.5 Å². The summed E-state index contributed by atoms with van der Waals surface area (Å²) < 4.78 is 21.9. The van der Waals surface area contributed by atoms with Gasteiger partial charge >= 0.3 is 0 Å². The van der Waals surface area contributed by atoms with Crippen molar-refractivity contribution in [2.75, 3.05) is 34.0 Å². The van der Waals surface area contributed by atoms with Crippen molar-refractivity contribution in [3.63, 3.8) is 0 Å². The molecule has 0 amide bonds. The van der Waals surface area contributed by atoms with Crippen molar-refractivity contribution in [3.8, 4) is 23.0 Å². The molecule has 0 unspecified atom stereocenters. The molecule has 3 rings (SSSR count). The summed E-state index contributed by atoms with van der Waals surface area (Å²) in [6.45, 7) is -0.802. The number of aryl methyl sites for hydroxylation is 1. The number of aliphatic hydroxyl groups is 5. The quantitative estimate of drug-likeness (QED) is 0.155. The van der Waals surface area contributed by atoms with E-state index >= 15 is 0 Å². The van der Waals surface area contributed by atoms with Crippen molar-refractivity contribution < 1.29 is 59.4 Å². The molecule has 2 aromatic rings. The Hall–Kier alpha value is -2.68. The zero-order chi connectivity index (χ0) is 26.9. The molecule has 1 aliphatic heterocycles. The highest BCUT2D eigenvalue weighted by molar-refractivity contribution is 5.44. The summed E-state index contributed by atoms with van der Waals surface area (Å²) in [6, 6.07) is 9.55. The normalized spacial score (nSPS) is 23.3. The number of aromatic hydroxyl groups is 1. The number of methoxy groups -OCH3 is 2. The number of hydrogen-bond acceptors (Lipinski definition) is 12. The summed E-state index contributed by atoms with van der Waals surface area (Å²) in [4.78, 5) is 10.9. The van der Waals surface area contributed by atoms with Crippen LogP contribution in [0.2, 0.25) is 0 Å². The minimum Gasteiger partial charge on any atom is -0.504 e. The minimum absolute atomic E-state index is 0.0532. The second kappa shape index (κ2) is 13.7. The van der Waals surface area contributed by atoms with Crippen molar-refractivity contribution in [2.24, 2.45) is 0 Å². The Morgan fingerprint density at radius 2 is 1.70 bits per heavy atom. The van der Waals surface area contributed by atoms with Gasteiger partial charge in [0, 0.05) is 6.61 Å². The Balaban J connectivity index is 1.87. The van der Waals surface area contributed by atoms with Crippen LogP contribution in [0.25, 0.3) is 0 Å². The Morgan fingerprint density at radius 1 is 0.946 bits per heavy atom. The number of rotatable bonds is 13. The van der Waals surface area contributed by atoms with Crippen LogP contribution in [0.4, 0.5) is 0 Å². The molecular weight excluding hydrogens is 492 g/mol. The van der Waals surface area contributed by atoms with Gasteiger partial charge in [0.1, 0.15) is 18.3 Å². The van der Waals surface area contributed by atoms with Gasteiger partial charge in [0.25, 0.3) is 0 Å². The summed E-state index contributed by atoms with van der Waals surface area (Å²) in [5.74, 6) is 0.679. The lowest BCUT2D eigenvalue weighted by Crippen LogP contribution is -2.53. The first kappa shape index (κ1) is 28.9. The second-order valence-corrected chi connectivity index (χ2v) is 8.45. The number of hydrogen-bond donors (Lipinski definition) is 6. The smallest absolute Gasteiger partial charge is 0.220 e. The average molecular weight is 527 g/mol. The first-order valence-electron chi connectivity index (χ1n) is 11.7. The fourth-order valence-electron chi connectivity index (χ4n) is 3.79. The number of aliphatic hydroxyl groups excluding tert-OH is 5. The van der Waals surface area contributed by atoms with Crippen molar-refractivity contribution in [3.05, 3.63) is 47.5 Å². The summed E-state index contributed by atoms with van der Waals surface area (Å²) in [5, 5.41) is 59.1. The van der Waals surface area contributed by atoms with E-state index in [1.165, 1.54) is 32.4 Å². The summed E-state index contributed by atoms with van der Waals surface area (Å²) >= 11 is 0. The zero-order valence-corrected chi connectivity index (χ0v) is 20.6. The fraction of sp³-hybridized carbons (Fsp3) is 0.520. The van der Waals surface area contributed by atoms with E-state index in [1.54, 1.807) is 18.2 Å². The van der Waals surface area contributed by atoms with E-state index in [0.29, 0.717) is 29.9 Å². The van der Waals surface area contributed by atoms with Crippen molar-refractivity contribution in [2.45, 2.75) is 49.7 Å². The zero-order valence-electron chi connectivity index (χ0n) is 20.6. The summed E-state index contributed by atoms with van der Waals surface area (Å²) in [6.07, 6.45) is -6.91. The average Bonchev–Trinajstić information content (AvgIpc) is 2.91. The van der Waals surface area contributed by atoms with Crippen molar-refractivity contribution >= 4 is 0 Å². The second-order valence-electron chi connectivity index (χ2n) is 8.45. The van der Waals surface area contributed by atoms with Crippen LogP contribution in [0.15, 0.2) is 36.4 Å². The Morgan fingerprint density at radius 3 is 2.38 bits per heavy atom. The van der Waals surface area contributed by atoms with Crippen molar-refractivity contribution in [1.29, 1.82) is 0 Å². The minimum atomic E-state index is -1.61. The predicted molar refractivity (Wildman–Crippen MR) is 127 cm³/mol. The topological polar surface area (TPSA) is 177 Å². The molecule has 0 saturated carbocycles. The van der Waals surface area contributed by atoms with Gasteiger partial charge in [-0.05, 0) is 48.2 Å². The first-order valence-corrected chi connectivity index (χ1v) is 11.7. The standard InChI is InChI=1S/C25H34O12/c1-32-19-11-15(6-7-16(19)28)24(36-37-25-23(31)22(30)17(29)13-34-25)21(12-27)35-18-8-5-14(4-3-9-26)10-20(18)33-2/h5-8,10-11,17,21-31H,3-4,9,12-13H2,1-2H3/t17-,21+,22+,23+,24+,25-/m0/s1. The molecule has 6 N–H and O–H groups in total. The molecule has 1 fully saturated rings. The third kappa shape index (κ3) is 7.21. The molecule has 0 aromatic heterocycles. The van der Waals surface area contributed by atoms with Gasteiger partial charge in [-0.15, -0.1) is 0 Å². The lowest BCUT2D eigenvalue weighted by Gasteiger charge is -2.35. The van der Waals surface area contributed by atoms with E-state index < -0.39 is 43.4 Å². The van der Waals surface area contributed by atoms with Crippen LogP contribution in [0.3, 0.4) is 0 Å². The highest BCUT2D eigenvalue weighted by atomic mass is 17.2. The molecule has 1 heterocycles. The van der Waals surface area contributed by atoms with E-state index in [-0.39, 0.29) is 24.7 Å².